The fourth-order valence-electron chi connectivity index (χ4n) is 3.04. The average molecular weight is 433 g/mol. The highest BCUT2D eigenvalue weighted by molar-refractivity contribution is 6.04. The third-order valence-corrected chi connectivity index (χ3v) is 4.61. The van der Waals surface area contributed by atoms with Gasteiger partial charge in [0.15, 0.2) is 0 Å². The second-order valence-corrected chi connectivity index (χ2v) is 6.85. The van der Waals surface area contributed by atoms with E-state index in [0.29, 0.717) is 49.1 Å². The minimum Gasteiger partial charge on any atom is -0.472 e. The Morgan fingerprint density at radius 2 is 2.00 bits per heavy atom. The molecule has 4 aromatic heterocycles. The molecule has 0 aliphatic carbocycles. The zero-order valence-corrected chi connectivity index (χ0v) is 17.6. The van der Waals surface area contributed by atoms with Crippen molar-refractivity contribution in [2.24, 2.45) is 0 Å². The molecule has 0 saturated carbocycles. The Labute approximate surface area is 185 Å². The van der Waals surface area contributed by atoms with Crippen molar-refractivity contribution in [1.29, 1.82) is 0 Å². The topological polar surface area (TPSA) is 104 Å². The van der Waals surface area contributed by atoms with E-state index in [1.165, 1.54) is 0 Å². The first-order valence-corrected chi connectivity index (χ1v) is 10.1. The van der Waals surface area contributed by atoms with Crippen LogP contribution in [0.15, 0.2) is 71.8 Å². The largest absolute Gasteiger partial charge is 0.472 e. The van der Waals surface area contributed by atoms with Crippen molar-refractivity contribution in [3.05, 3.63) is 73.1 Å². The van der Waals surface area contributed by atoms with Crippen LogP contribution in [0.5, 0.6) is 0 Å². The highest BCUT2D eigenvalue weighted by Gasteiger charge is 2.17. The molecule has 4 rings (SSSR count). The molecule has 164 valence electrons. The second kappa shape index (κ2) is 10.5. The Balaban J connectivity index is 1.54. The van der Waals surface area contributed by atoms with Gasteiger partial charge in [0.25, 0.3) is 5.91 Å². The van der Waals surface area contributed by atoms with Crippen molar-refractivity contribution >= 4 is 11.6 Å². The molecule has 0 saturated heterocycles. The molecule has 0 radical (unpaired) electrons. The molecule has 0 atom stereocenters. The number of rotatable bonds is 10. The summed E-state index contributed by atoms with van der Waals surface area (Å²) in [5, 5.41) is 7.52. The monoisotopic (exact) mass is 433 g/mol. The van der Waals surface area contributed by atoms with Gasteiger partial charge in [-0.15, -0.1) is 0 Å². The van der Waals surface area contributed by atoms with E-state index in [-0.39, 0.29) is 11.6 Å². The van der Waals surface area contributed by atoms with E-state index in [9.17, 15) is 4.79 Å². The molecule has 4 aromatic rings. The molecular formula is C23H23N5O4. The number of methoxy groups -OCH3 is 1. The maximum atomic E-state index is 13.0. The van der Waals surface area contributed by atoms with Gasteiger partial charge in [0.1, 0.15) is 11.4 Å². The molecule has 0 unspecified atom stereocenters. The number of hydrogen-bond acceptors (Lipinski definition) is 7. The number of nitrogens with zero attached hydrogens (tertiary/aromatic N) is 4. The van der Waals surface area contributed by atoms with Crippen molar-refractivity contribution < 1.29 is 18.7 Å². The summed E-state index contributed by atoms with van der Waals surface area (Å²) < 4.78 is 17.3. The van der Waals surface area contributed by atoms with Gasteiger partial charge in [-0.1, -0.05) is 12.1 Å². The van der Waals surface area contributed by atoms with Crippen LogP contribution in [0.2, 0.25) is 0 Å². The molecule has 0 aliphatic heterocycles. The van der Waals surface area contributed by atoms with Crippen LogP contribution >= 0.6 is 0 Å². The van der Waals surface area contributed by atoms with Gasteiger partial charge in [-0.2, -0.15) is 5.10 Å². The number of nitrogens with one attached hydrogen (secondary N) is 1. The third kappa shape index (κ3) is 5.26. The van der Waals surface area contributed by atoms with E-state index >= 15 is 0 Å². The van der Waals surface area contributed by atoms with Gasteiger partial charge in [0.05, 0.1) is 56.0 Å². The van der Waals surface area contributed by atoms with Gasteiger partial charge in [0.2, 0.25) is 0 Å². The molecule has 0 bridgehead atoms. The number of aromatic nitrogens is 4. The first kappa shape index (κ1) is 21.4. The number of anilines is 1. The first-order valence-electron chi connectivity index (χ1n) is 10.1. The van der Waals surface area contributed by atoms with Crippen LogP contribution < -0.4 is 5.32 Å². The van der Waals surface area contributed by atoms with E-state index in [1.807, 2.05) is 24.3 Å². The fourth-order valence-corrected chi connectivity index (χ4v) is 3.04. The van der Waals surface area contributed by atoms with Gasteiger partial charge in [-0.05, 0) is 30.3 Å². The lowest BCUT2D eigenvalue weighted by Crippen LogP contribution is -2.14. The number of furan rings is 1. The number of pyridine rings is 2. The van der Waals surface area contributed by atoms with Crippen LogP contribution in [0, 0.1) is 0 Å². The number of amides is 1. The normalized spacial score (nSPS) is 10.9. The third-order valence-electron chi connectivity index (χ3n) is 4.61. The number of carbonyl (C=O) groups excluding carboxylic acids is 1. The maximum absolute atomic E-state index is 13.0. The Kier molecular flexibility index (Phi) is 7.01. The minimum atomic E-state index is -0.344. The highest BCUT2D eigenvalue weighted by Crippen LogP contribution is 2.25. The predicted molar refractivity (Wildman–Crippen MR) is 118 cm³/mol. The van der Waals surface area contributed by atoms with Gasteiger partial charge < -0.3 is 19.2 Å². The van der Waals surface area contributed by atoms with E-state index in [0.717, 1.165) is 5.56 Å². The molecule has 1 amide bonds. The van der Waals surface area contributed by atoms with Gasteiger partial charge in [-0.3, -0.25) is 14.5 Å². The summed E-state index contributed by atoms with van der Waals surface area (Å²) in [5.41, 5.74) is 3.51. The van der Waals surface area contributed by atoms with E-state index in [4.69, 9.17) is 13.9 Å². The summed E-state index contributed by atoms with van der Waals surface area (Å²) in [5.74, 6) is -0.344. The molecular weight excluding hydrogens is 410 g/mol. The SMILES string of the molecule is COCCOCCn1cc(NC(=O)c2cccc(-c3ccoc3)n2)c(-c2ccccn2)n1. The predicted octanol–water partition coefficient (Wildman–Crippen LogP) is 3.52. The van der Waals surface area contributed by atoms with Gasteiger partial charge in [0, 0.05) is 25.1 Å². The smallest absolute Gasteiger partial charge is 0.274 e. The number of hydrogen-bond donors (Lipinski definition) is 1. The lowest BCUT2D eigenvalue weighted by Gasteiger charge is -2.06. The van der Waals surface area contributed by atoms with Crippen molar-refractivity contribution in [2.45, 2.75) is 6.54 Å². The number of carbonyl (C=O) groups is 1. The molecule has 0 aromatic carbocycles. The average Bonchev–Trinajstić information content (AvgIpc) is 3.50. The number of ether oxygens (including phenoxy) is 2. The molecule has 9 nitrogen and oxygen atoms in total. The summed E-state index contributed by atoms with van der Waals surface area (Å²) in [4.78, 5) is 21.8. The van der Waals surface area contributed by atoms with Gasteiger partial charge >= 0.3 is 0 Å². The second-order valence-electron chi connectivity index (χ2n) is 6.85. The summed E-state index contributed by atoms with van der Waals surface area (Å²) in [6.07, 6.45) is 6.60. The Morgan fingerprint density at radius 3 is 2.78 bits per heavy atom. The summed E-state index contributed by atoms with van der Waals surface area (Å²) in [7, 11) is 1.63. The van der Waals surface area contributed by atoms with Gasteiger partial charge in [-0.25, -0.2) is 4.98 Å². The van der Waals surface area contributed by atoms with Crippen LogP contribution in [0.25, 0.3) is 22.6 Å². The fraction of sp³-hybridized carbons (Fsp3) is 0.217. The molecule has 0 spiro atoms. The van der Waals surface area contributed by atoms with E-state index < -0.39 is 0 Å². The first-order chi connectivity index (χ1) is 15.7. The molecule has 0 fully saturated rings. The summed E-state index contributed by atoms with van der Waals surface area (Å²) in [6, 6.07) is 12.6. The zero-order chi connectivity index (χ0) is 22.2. The Bertz CT molecular complexity index is 1140. The van der Waals surface area contributed by atoms with Crippen molar-refractivity contribution in [2.75, 3.05) is 32.2 Å². The Hall–Kier alpha value is -3.82. The molecule has 4 heterocycles. The maximum Gasteiger partial charge on any atom is 0.274 e. The van der Waals surface area contributed by atoms with Crippen molar-refractivity contribution in [3.8, 4) is 22.6 Å². The lowest BCUT2D eigenvalue weighted by atomic mass is 10.2. The minimum absolute atomic E-state index is 0.284. The quantitative estimate of drug-likeness (QED) is 0.382. The van der Waals surface area contributed by atoms with E-state index in [2.05, 4.69) is 20.4 Å². The standard InChI is InChI=1S/C23H23N5O4/c1-30-13-14-31-12-10-28-15-21(22(27-28)19-5-2-3-9-24-19)26-23(29)20-7-4-6-18(25-20)17-8-11-32-16-17/h2-9,11,15-16H,10,12-14H2,1H3,(H,26,29). The Morgan fingerprint density at radius 1 is 1.09 bits per heavy atom. The van der Waals surface area contributed by atoms with Crippen LogP contribution in [0.4, 0.5) is 5.69 Å². The van der Waals surface area contributed by atoms with Crippen LogP contribution in [-0.4, -0.2) is 52.6 Å². The molecule has 32 heavy (non-hydrogen) atoms. The molecule has 0 aliphatic rings. The molecule has 9 heteroatoms. The zero-order valence-electron chi connectivity index (χ0n) is 17.6. The highest BCUT2D eigenvalue weighted by atomic mass is 16.5. The van der Waals surface area contributed by atoms with Crippen molar-refractivity contribution in [1.82, 2.24) is 19.7 Å². The van der Waals surface area contributed by atoms with Crippen LogP contribution in [-0.2, 0) is 16.0 Å². The summed E-state index contributed by atoms with van der Waals surface area (Å²) >= 11 is 0. The summed E-state index contributed by atoms with van der Waals surface area (Å²) in [6.45, 7) is 2.03. The van der Waals surface area contributed by atoms with Crippen molar-refractivity contribution in [3.63, 3.8) is 0 Å². The van der Waals surface area contributed by atoms with Crippen LogP contribution in [0.1, 0.15) is 10.5 Å². The van der Waals surface area contributed by atoms with Crippen LogP contribution in [0.3, 0.4) is 0 Å². The molecule has 1 N–H and O–H groups in total. The van der Waals surface area contributed by atoms with E-state index in [1.54, 1.807) is 54.9 Å². The lowest BCUT2D eigenvalue weighted by molar-refractivity contribution is 0.0654.